The SMILES string of the molecule is CC(=O)OCc1ccc([NH2+]C(=O)c2ccc(C)c([N+](=O)[O-])c2)cc1C(F)(F)F. The first-order chi connectivity index (χ1) is 13.0. The quantitative estimate of drug-likeness (QED) is 0.362. The second-order valence-corrected chi connectivity index (χ2v) is 5.96. The summed E-state index contributed by atoms with van der Waals surface area (Å²) in [5.74, 6) is -1.40. The Bertz CT molecular complexity index is 941. The van der Waals surface area contributed by atoms with E-state index in [1.165, 1.54) is 25.1 Å². The standard InChI is InChI=1S/C18H15F3N2O5/c1-10-3-4-12(7-16(10)23(26)27)17(25)22-14-6-5-13(9-28-11(2)24)15(8-14)18(19,20)21/h3-8H,9H2,1-2H3,(H,22,25)/p+1. The van der Waals surface area contributed by atoms with Crippen LogP contribution in [0.5, 0.6) is 0 Å². The third-order valence-electron chi connectivity index (χ3n) is 3.86. The van der Waals surface area contributed by atoms with E-state index >= 15 is 0 Å². The van der Waals surface area contributed by atoms with Gasteiger partial charge in [-0.2, -0.15) is 13.2 Å². The van der Waals surface area contributed by atoms with Crippen LogP contribution in [-0.2, 0) is 22.3 Å². The average molecular weight is 397 g/mol. The molecule has 2 N–H and O–H groups in total. The number of nitro groups is 1. The van der Waals surface area contributed by atoms with Gasteiger partial charge in [-0.3, -0.25) is 14.9 Å². The summed E-state index contributed by atoms with van der Waals surface area (Å²) >= 11 is 0. The molecule has 2 rings (SSSR count). The van der Waals surface area contributed by atoms with Crippen LogP contribution in [0.3, 0.4) is 0 Å². The van der Waals surface area contributed by atoms with E-state index in [4.69, 9.17) is 0 Å². The highest BCUT2D eigenvalue weighted by Gasteiger charge is 2.34. The number of quaternary nitrogens is 1. The number of carbonyl (C=O) groups excluding carboxylic acids is 2. The van der Waals surface area contributed by atoms with E-state index in [1.807, 2.05) is 0 Å². The van der Waals surface area contributed by atoms with Gasteiger partial charge in [-0.25, -0.2) is 10.1 Å². The lowest BCUT2D eigenvalue weighted by Gasteiger charge is -2.13. The normalized spacial score (nSPS) is 11.2. The lowest BCUT2D eigenvalue weighted by molar-refractivity contribution is -0.464. The number of nitro benzene ring substituents is 1. The van der Waals surface area contributed by atoms with Crippen molar-refractivity contribution < 1.29 is 37.7 Å². The van der Waals surface area contributed by atoms with E-state index in [0.29, 0.717) is 5.56 Å². The second kappa shape index (κ2) is 8.17. The van der Waals surface area contributed by atoms with E-state index in [2.05, 4.69) is 4.74 Å². The lowest BCUT2D eigenvalue weighted by Crippen LogP contribution is -2.82. The van der Waals surface area contributed by atoms with Crippen LogP contribution in [0.1, 0.15) is 34.0 Å². The predicted molar refractivity (Wildman–Crippen MR) is 90.7 cm³/mol. The molecule has 0 aliphatic rings. The fraction of sp³-hybridized carbons (Fsp3) is 0.222. The molecule has 0 saturated carbocycles. The van der Waals surface area contributed by atoms with Gasteiger partial charge in [0.1, 0.15) is 12.3 Å². The fourth-order valence-corrected chi connectivity index (χ4v) is 2.45. The number of hydrogen-bond donors (Lipinski definition) is 1. The lowest BCUT2D eigenvalue weighted by atomic mass is 10.1. The molecule has 0 aliphatic heterocycles. The van der Waals surface area contributed by atoms with E-state index in [9.17, 15) is 32.9 Å². The molecule has 0 aliphatic carbocycles. The molecule has 28 heavy (non-hydrogen) atoms. The molecular weight excluding hydrogens is 381 g/mol. The Balaban J connectivity index is 2.31. The Morgan fingerprint density at radius 1 is 1.18 bits per heavy atom. The van der Waals surface area contributed by atoms with Crippen molar-refractivity contribution in [3.8, 4) is 0 Å². The molecule has 2 aromatic rings. The molecule has 0 spiro atoms. The number of hydrogen-bond acceptors (Lipinski definition) is 5. The van der Waals surface area contributed by atoms with Crippen molar-refractivity contribution in [2.45, 2.75) is 26.6 Å². The minimum Gasteiger partial charge on any atom is -0.461 e. The number of carbonyl (C=O) groups is 2. The van der Waals surface area contributed by atoms with Gasteiger partial charge < -0.3 is 4.74 Å². The van der Waals surface area contributed by atoms with Crippen molar-refractivity contribution >= 4 is 23.3 Å². The molecule has 0 unspecified atom stereocenters. The number of primary amides is 1. The van der Waals surface area contributed by atoms with Gasteiger partial charge in [0.25, 0.3) is 5.69 Å². The van der Waals surface area contributed by atoms with Crippen LogP contribution in [0, 0.1) is 17.0 Å². The zero-order valence-electron chi connectivity index (χ0n) is 14.9. The first-order valence-electron chi connectivity index (χ1n) is 7.96. The van der Waals surface area contributed by atoms with Crippen LogP contribution in [0.4, 0.5) is 24.5 Å². The Labute approximate surface area is 157 Å². The predicted octanol–water partition coefficient (Wildman–Crippen LogP) is 3.02. The van der Waals surface area contributed by atoms with E-state index < -0.39 is 35.1 Å². The van der Waals surface area contributed by atoms with Gasteiger partial charge >= 0.3 is 18.1 Å². The minimum atomic E-state index is -4.72. The third-order valence-corrected chi connectivity index (χ3v) is 3.86. The average Bonchev–Trinajstić information content (AvgIpc) is 2.59. The largest absolute Gasteiger partial charge is 0.461 e. The number of rotatable bonds is 5. The molecule has 0 heterocycles. The first-order valence-corrected chi connectivity index (χ1v) is 7.96. The van der Waals surface area contributed by atoms with Crippen molar-refractivity contribution in [2.75, 3.05) is 0 Å². The highest BCUT2D eigenvalue weighted by Crippen LogP contribution is 2.33. The Morgan fingerprint density at radius 2 is 1.86 bits per heavy atom. The van der Waals surface area contributed by atoms with Crippen molar-refractivity contribution in [1.29, 1.82) is 0 Å². The third kappa shape index (κ3) is 5.13. The van der Waals surface area contributed by atoms with Gasteiger partial charge in [-0.05, 0) is 25.1 Å². The van der Waals surface area contributed by atoms with Crippen LogP contribution < -0.4 is 5.32 Å². The molecular formula is C18H16F3N2O5+. The van der Waals surface area contributed by atoms with Gasteiger partial charge in [-0.15, -0.1) is 0 Å². The summed E-state index contributed by atoms with van der Waals surface area (Å²) in [7, 11) is 0. The van der Waals surface area contributed by atoms with E-state index in [1.54, 1.807) is 0 Å². The number of amides is 1. The number of alkyl halides is 3. The van der Waals surface area contributed by atoms with Crippen molar-refractivity contribution in [2.24, 2.45) is 0 Å². The maximum Gasteiger partial charge on any atom is 0.417 e. The highest BCUT2D eigenvalue weighted by atomic mass is 19.4. The number of ether oxygens (including phenoxy) is 1. The number of aryl methyl sites for hydroxylation is 1. The van der Waals surface area contributed by atoms with Crippen LogP contribution in [-0.4, -0.2) is 16.8 Å². The smallest absolute Gasteiger partial charge is 0.417 e. The molecule has 7 nitrogen and oxygen atoms in total. The summed E-state index contributed by atoms with van der Waals surface area (Å²) in [6.45, 7) is 2.03. The number of benzene rings is 2. The number of halogens is 3. The topological polar surface area (TPSA) is 103 Å². The molecule has 0 bridgehead atoms. The highest BCUT2D eigenvalue weighted by molar-refractivity contribution is 5.88. The van der Waals surface area contributed by atoms with Gasteiger partial charge in [0.15, 0.2) is 0 Å². The number of esters is 1. The zero-order valence-corrected chi connectivity index (χ0v) is 14.9. The van der Waals surface area contributed by atoms with Crippen LogP contribution in [0.25, 0.3) is 0 Å². The van der Waals surface area contributed by atoms with Crippen molar-refractivity contribution in [1.82, 2.24) is 0 Å². The Hall–Kier alpha value is -3.27. The van der Waals surface area contributed by atoms with Crippen LogP contribution in [0.2, 0.25) is 0 Å². The van der Waals surface area contributed by atoms with Crippen LogP contribution >= 0.6 is 0 Å². The Morgan fingerprint density at radius 3 is 2.43 bits per heavy atom. The van der Waals surface area contributed by atoms with E-state index in [-0.39, 0.29) is 22.5 Å². The maximum atomic E-state index is 13.3. The molecule has 0 atom stereocenters. The Kier molecular flexibility index (Phi) is 6.14. The molecule has 148 valence electrons. The summed E-state index contributed by atoms with van der Waals surface area (Å²) < 4.78 is 44.5. The summed E-state index contributed by atoms with van der Waals surface area (Å²) in [5.41, 5.74) is -1.24. The van der Waals surface area contributed by atoms with Crippen LogP contribution in [0.15, 0.2) is 36.4 Å². The zero-order chi connectivity index (χ0) is 21.1. The van der Waals surface area contributed by atoms with Gasteiger partial charge in [0.2, 0.25) is 0 Å². The summed E-state index contributed by atoms with van der Waals surface area (Å²) in [6, 6.07) is 6.98. The molecule has 0 saturated heterocycles. The molecule has 10 heteroatoms. The first kappa shape index (κ1) is 21.0. The molecule has 0 aromatic heterocycles. The molecule has 2 aromatic carbocycles. The van der Waals surface area contributed by atoms with Crippen molar-refractivity contribution in [3.05, 3.63) is 68.8 Å². The maximum absolute atomic E-state index is 13.3. The summed E-state index contributed by atoms with van der Waals surface area (Å²) in [6.07, 6.45) is -4.72. The molecule has 0 fully saturated rings. The second-order valence-electron chi connectivity index (χ2n) is 5.96. The monoisotopic (exact) mass is 397 g/mol. The van der Waals surface area contributed by atoms with E-state index in [0.717, 1.165) is 30.4 Å². The van der Waals surface area contributed by atoms with Gasteiger partial charge in [0, 0.05) is 30.2 Å². The minimum absolute atomic E-state index is 0.0187. The van der Waals surface area contributed by atoms with Gasteiger partial charge in [0.05, 0.1) is 16.1 Å². The molecule has 1 amide bonds. The van der Waals surface area contributed by atoms with Gasteiger partial charge in [-0.1, -0.05) is 6.07 Å². The summed E-state index contributed by atoms with van der Waals surface area (Å²) in [4.78, 5) is 33.5. The summed E-state index contributed by atoms with van der Waals surface area (Å²) in [5, 5.41) is 11.9. The number of nitrogens with two attached hydrogens (primary N) is 1. The number of nitrogens with zero attached hydrogens (tertiary/aromatic N) is 1. The molecule has 0 radical (unpaired) electrons. The van der Waals surface area contributed by atoms with Crippen molar-refractivity contribution in [3.63, 3.8) is 0 Å². The fourth-order valence-electron chi connectivity index (χ4n) is 2.45.